The minimum Gasteiger partial charge on any atom is -0.497 e. The maximum atomic E-state index is 5.27. The minimum atomic E-state index is 0.397. The highest BCUT2D eigenvalue weighted by Gasteiger charge is 2.36. The molecule has 1 saturated carbocycles. The molecule has 140 valence electrons. The zero-order chi connectivity index (χ0) is 18.0. The maximum absolute atomic E-state index is 5.27. The molecule has 2 rings (SSSR count). The lowest BCUT2D eigenvalue weighted by molar-refractivity contribution is 0.0732. The summed E-state index contributed by atoms with van der Waals surface area (Å²) in [6.45, 7) is 2.72. The van der Waals surface area contributed by atoms with E-state index in [9.17, 15) is 0 Å². The number of hydrogen-bond donors (Lipinski definition) is 2. The predicted octanol–water partition coefficient (Wildman–Crippen LogP) is 3.00. The summed E-state index contributed by atoms with van der Waals surface area (Å²) < 4.78 is 10.5. The molecule has 0 spiro atoms. The van der Waals surface area contributed by atoms with E-state index in [2.05, 4.69) is 27.8 Å². The van der Waals surface area contributed by atoms with Crippen LogP contribution in [0.25, 0.3) is 0 Å². The van der Waals surface area contributed by atoms with Crippen LogP contribution in [0.3, 0.4) is 0 Å². The number of rotatable bonds is 10. The van der Waals surface area contributed by atoms with Gasteiger partial charge in [-0.15, -0.1) is 0 Å². The van der Waals surface area contributed by atoms with E-state index >= 15 is 0 Å². The smallest absolute Gasteiger partial charge is 0.190 e. The molecule has 1 aromatic carbocycles. The van der Waals surface area contributed by atoms with Gasteiger partial charge in [-0.3, -0.25) is 4.99 Å². The average molecular weight is 348 g/mol. The normalized spacial score (nSPS) is 16.2. The Morgan fingerprint density at radius 2 is 2.08 bits per heavy atom. The fourth-order valence-electron chi connectivity index (χ4n) is 3.33. The molecule has 5 heteroatoms. The topological polar surface area (TPSA) is 54.9 Å². The number of aliphatic imine (C=N–C) groups is 1. The van der Waals surface area contributed by atoms with E-state index in [0.29, 0.717) is 5.41 Å². The first kappa shape index (κ1) is 19.6. The highest BCUT2D eigenvalue weighted by molar-refractivity contribution is 5.79. The summed E-state index contributed by atoms with van der Waals surface area (Å²) >= 11 is 0. The fourth-order valence-corrected chi connectivity index (χ4v) is 3.33. The van der Waals surface area contributed by atoms with Crippen molar-refractivity contribution in [2.75, 3.05) is 41.0 Å². The second kappa shape index (κ2) is 10.3. The molecule has 0 heterocycles. The fraction of sp³-hybridized carbons (Fsp3) is 0.650. The number of benzene rings is 1. The van der Waals surface area contributed by atoms with E-state index in [1.807, 2.05) is 19.2 Å². The van der Waals surface area contributed by atoms with E-state index in [1.54, 1.807) is 14.2 Å². The Morgan fingerprint density at radius 3 is 2.72 bits per heavy atom. The van der Waals surface area contributed by atoms with Crippen LogP contribution >= 0.6 is 0 Å². The van der Waals surface area contributed by atoms with Gasteiger partial charge in [-0.05, 0) is 55.2 Å². The summed E-state index contributed by atoms with van der Waals surface area (Å²) in [5.41, 5.74) is 1.70. The summed E-state index contributed by atoms with van der Waals surface area (Å²) in [6, 6.07) is 8.27. The van der Waals surface area contributed by atoms with Gasteiger partial charge in [0.15, 0.2) is 5.96 Å². The van der Waals surface area contributed by atoms with Crippen LogP contribution in [-0.2, 0) is 11.2 Å². The third kappa shape index (κ3) is 6.24. The molecule has 0 amide bonds. The molecule has 1 fully saturated rings. The van der Waals surface area contributed by atoms with Crippen LogP contribution in [0.15, 0.2) is 29.3 Å². The number of guanidine groups is 1. The molecule has 2 N–H and O–H groups in total. The van der Waals surface area contributed by atoms with E-state index in [-0.39, 0.29) is 0 Å². The molecule has 0 saturated heterocycles. The van der Waals surface area contributed by atoms with Crippen molar-refractivity contribution in [1.82, 2.24) is 10.6 Å². The Kier molecular flexibility index (Phi) is 8.06. The van der Waals surface area contributed by atoms with Crippen LogP contribution in [0.4, 0.5) is 0 Å². The summed E-state index contributed by atoms with van der Waals surface area (Å²) in [6.07, 6.45) is 7.12. The molecule has 25 heavy (non-hydrogen) atoms. The Bertz CT molecular complexity index is 541. The second-order valence-electron chi connectivity index (χ2n) is 6.90. The standard InChI is InChI=1S/C20H33N3O2/c1-21-19(23-16-20(10-6-11-20)12-14-24-2)22-13-5-8-17-7-4-9-18(15-17)25-3/h4,7,9,15H,5-6,8,10-14,16H2,1-3H3,(H2,21,22,23). The Hall–Kier alpha value is -1.75. The molecule has 1 aliphatic carbocycles. The lowest BCUT2D eigenvalue weighted by Gasteiger charge is -2.42. The van der Waals surface area contributed by atoms with Crippen molar-refractivity contribution < 1.29 is 9.47 Å². The number of hydrogen-bond acceptors (Lipinski definition) is 3. The highest BCUT2D eigenvalue weighted by Crippen LogP contribution is 2.43. The van der Waals surface area contributed by atoms with Crippen molar-refractivity contribution in [2.24, 2.45) is 10.4 Å². The molecule has 0 bridgehead atoms. The van der Waals surface area contributed by atoms with Gasteiger partial charge >= 0.3 is 0 Å². The first-order chi connectivity index (χ1) is 12.2. The maximum Gasteiger partial charge on any atom is 0.190 e. The largest absolute Gasteiger partial charge is 0.497 e. The highest BCUT2D eigenvalue weighted by atomic mass is 16.5. The molecule has 1 aliphatic rings. The lowest BCUT2D eigenvalue weighted by Crippen LogP contribution is -2.47. The van der Waals surface area contributed by atoms with Gasteiger partial charge < -0.3 is 20.1 Å². The molecular formula is C20H33N3O2. The van der Waals surface area contributed by atoms with Gasteiger partial charge in [0.25, 0.3) is 0 Å². The van der Waals surface area contributed by atoms with Gasteiger partial charge in [0, 0.05) is 33.9 Å². The van der Waals surface area contributed by atoms with Crippen LogP contribution in [0, 0.1) is 5.41 Å². The third-order valence-electron chi connectivity index (χ3n) is 5.17. The predicted molar refractivity (Wildman–Crippen MR) is 103 cm³/mol. The van der Waals surface area contributed by atoms with Gasteiger partial charge in [0.05, 0.1) is 7.11 Å². The molecule has 0 aliphatic heterocycles. The molecule has 0 unspecified atom stereocenters. The zero-order valence-corrected chi connectivity index (χ0v) is 15.9. The van der Waals surface area contributed by atoms with E-state index < -0.39 is 0 Å². The third-order valence-corrected chi connectivity index (χ3v) is 5.17. The first-order valence-electron chi connectivity index (χ1n) is 9.28. The quantitative estimate of drug-likeness (QED) is 0.388. The van der Waals surface area contributed by atoms with E-state index in [0.717, 1.165) is 50.7 Å². The van der Waals surface area contributed by atoms with Gasteiger partial charge in [-0.25, -0.2) is 0 Å². The van der Waals surface area contributed by atoms with Crippen molar-refractivity contribution in [3.63, 3.8) is 0 Å². The zero-order valence-electron chi connectivity index (χ0n) is 15.9. The SMILES string of the molecule is CN=C(NCCCc1cccc(OC)c1)NCC1(CCOC)CCC1. The summed E-state index contributed by atoms with van der Waals surface area (Å²) in [5.74, 6) is 1.82. The Balaban J connectivity index is 1.68. The Morgan fingerprint density at radius 1 is 1.24 bits per heavy atom. The van der Waals surface area contributed by atoms with Crippen LogP contribution in [-0.4, -0.2) is 46.9 Å². The number of aryl methyl sites for hydroxylation is 1. The molecule has 5 nitrogen and oxygen atoms in total. The summed E-state index contributed by atoms with van der Waals surface area (Å²) in [4.78, 5) is 4.34. The van der Waals surface area contributed by atoms with Crippen LogP contribution in [0.5, 0.6) is 5.75 Å². The van der Waals surface area contributed by atoms with Crippen LogP contribution in [0.2, 0.25) is 0 Å². The minimum absolute atomic E-state index is 0.397. The monoisotopic (exact) mass is 347 g/mol. The Labute approximate surface area is 152 Å². The van der Waals surface area contributed by atoms with E-state index in [1.165, 1.54) is 24.8 Å². The first-order valence-corrected chi connectivity index (χ1v) is 9.28. The summed E-state index contributed by atoms with van der Waals surface area (Å²) in [5, 5.41) is 6.92. The van der Waals surface area contributed by atoms with Gasteiger partial charge in [-0.1, -0.05) is 18.6 Å². The number of nitrogens with zero attached hydrogens (tertiary/aromatic N) is 1. The van der Waals surface area contributed by atoms with Crippen LogP contribution < -0.4 is 15.4 Å². The van der Waals surface area contributed by atoms with Crippen LogP contribution in [0.1, 0.15) is 37.7 Å². The van der Waals surface area contributed by atoms with Gasteiger partial charge in [-0.2, -0.15) is 0 Å². The van der Waals surface area contributed by atoms with Crippen molar-refractivity contribution in [2.45, 2.75) is 38.5 Å². The lowest BCUT2D eigenvalue weighted by atomic mass is 9.67. The number of nitrogens with one attached hydrogen (secondary N) is 2. The van der Waals surface area contributed by atoms with Crippen molar-refractivity contribution in [3.8, 4) is 5.75 Å². The average Bonchev–Trinajstić information content (AvgIpc) is 2.62. The molecule has 0 radical (unpaired) electrons. The molecule has 1 aromatic rings. The summed E-state index contributed by atoms with van der Waals surface area (Å²) in [7, 11) is 5.32. The van der Waals surface area contributed by atoms with Gasteiger partial charge in [0.2, 0.25) is 0 Å². The molecular weight excluding hydrogens is 314 g/mol. The van der Waals surface area contributed by atoms with Crippen molar-refractivity contribution in [1.29, 1.82) is 0 Å². The van der Waals surface area contributed by atoms with Gasteiger partial charge in [0.1, 0.15) is 5.75 Å². The van der Waals surface area contributed by atoms with Crippen molar-refractivity contribution >= 4 is 5.96 Å². The van der Waals surface area contributed by atoms with Crippen molar-refractivity contribution in [3.05, 3.63) is 29.8 Å². The number of ether oxygens (including phenoxy) is 2. The van der Waals surface area contributed by atoms with E-state index in [4.69, 9.17) is 9.47 Å². The second-order valence-corrected chi connectivity index (χ2v) is 6.90. The number of methoxy groups -OCH3 is 2. The molecule has 0 atom stereocenters. The molecule has 0 aromatic heterocycles.